The van der Waals surface area contributed by atoms with Gasteiger partial charge in [0.05, 0.1) is 0 Å². The molecule has 80 heavy (non-hydrogen) atoms. The maximum atomic E-state index is 12.9. The molecule has 0 radical (unpaired) electrons. The SMILES string of the molecule is CC/C=C\C/C=C\C/C=C\C/C=C\C/C=C\C/C=C\CCCCCCCCCCCCC(=O)OCC(COC(=O)CCCCCCCCCC)OC(=O)CCCCCCCCCCC/C=C\C/C=C\C/C=C\C/C=C\C/C=C\CC. The van der Waals surface area contributed by atoms with Crippen molar-refractivity contribution in [3.05, 3.63) is 134 Å². The van der Waals surface area contributed by atoms with Gasteiger partial charge in [-0.1, -0.05) is 296 Å². The number of rotatable bonds is 59. The summed E-state index contributed by atoms with van der Waals surface area (Å²) in [5, 5.41) is 0. The molecule has 454 valence electrons. The zero-order valence-corrected chi connectivity index (χ0v) is 52.0. The topological polar surface area (TPSA) is 78.9 Å². The van der Waals surface area contributed by atoms with Crippen molar-refractivity contribution in [1.82, 2.24) is 0 Å². The van der Waals surface area contributed by atoms with Crippen LogP contribution in [0.4, 0.5) is 0 Å². The minimum absolute atomic E-state index is 0.0827. The summed E-state index contributed by atoms with van der Waals surface area (Å²) >= 11 is 0. The highest BCUT2D eigenvalue weighted by Gasteiger charge is 2.19. The van der Waals surface area contributed by atoms with E-state index in [1.807, 2.05) is 0 Å². The highest BCUT2D eigenvalue weighted by atomic mass is 16.6. The smallest absolute Gasteiger partial charge is 0.306 e. The van der Waals surface area contributed by atoms with E-state index in [-0.39, 0.29) is 31.1 Å². The Balaban J connectivity index is 4.20. The van der Waals surface area contributed by atoms with Crippen LogP contribution in [0.5, 0.6) is 0 Å². The molecule has 0 aromatic carbocycles. The van der Waals surface area contributed by atoms with Gasteiger partial charge in [-0.05, 0) is 116 Å². The molecule has 6 nitrogen and oxygen atoms in total. The van der Waals surface area contributed by atoms with Crippen LogP contribution in [0.15, 0.2) is 134 Å². The van der Waals surface area contributed by atoms with Crippen molar-refractivity contribution in [1.29, 1.82) is 0 Å². The fourth-order valence-corrected chi connectivity index (χ4v) is 9.00. The van der Waals surface area contributed by atoms with Gasteiger partial charge in [-0.2, -0.15) is 0 Å². The number of ether oxygens (including phenoxy) is 3. The lowest BCUT2D eigenvalue weighted by Crippen LogP contribution is -2.30. The maximum absolute atomic E-state index is 12.9. The molecule has 6 heteroatoms. The van der Waals surface area contributed by atoms with E-state index < -0.39 is 6.10 Å². The number of carbonyl (C=O) groups excluding carboxylic acids is 3. The summed E-state index contributed by atoms with van der Waals surface area (Å²) in [5.41, 5.74) is 0. The van der Waals surface area contributed by atoms with Gasteiger partial charge in [0.1, 0.15) is 13.2 Å². The quantitative estimate of drug-likeness (QED) is 0.0261. The fraction of sp³-hybridized carbons (Fsp3) is 0.662. The van der Waals surface area contributed by atoms with Gasteiger partial charge in [0.25, 0.3) is 0 Å². The van der Waals surface area contributed by atoms with Crippen LogP contribution in [0.1, 0.15) is 297 Å². The molecule has 0 aliphatic rings. The second-order valence-electron chi connectivity index (χ2n) is 21.6. The summed E-state index contributed by atoms with van der Waals surface area (Å²) in [5.74, 6) is -0.894. The molecule has 0 saturated carbocycles. The number of allylic oxidation sites excluding steroid dienone is 22. The Morgan fingerprint density at radius 3 is 0.762 bits per heavy atom. The molecular weight excluding hydrogens is 985 g/mol. The third-order valence-electron chi connectivity index (χ3n) is 13.9. The molecule has 0 saturated heterocycles. The van der Waals surface area contributed by atoms with Crippen molar-refractivity contribution in [2.24, 2.45) is 0 Å². The molecule has 0 aromatic rings. The van der Waals surface area contributed by atoms with Crippen LogP contribution in [-0.2, 0) is 28.6 Å². The predicted octanol–water partition coefficient (Wildman–Crippen LogP) is 22.9. The van der Waals surface area contributed by atoms with Gasteiger partial charge in [0.15, 0.2) is 6.10 Å². The van der Waals surface area contributed by atoms with Crippen LogP contribution in [0, 0.1) is 0 Å². The fourth-order valence-electron chi connectivity index (χ4n) is 9.00. The molecule has 0 N–H and O–H groups in total. The van der Waals surface area contributed by atoms with Gasteiger partial charge >= 0.3 is 17.9 Å². The normalized spacial score (nSPS) is 13.0. The Morgan fingerprint density at radius 2 is 0.487 bits per heavy atom. The largest absolute Gasteiger partial charge is 0.462 e. The van der Waals surface area contributed by atoms with Gasteiger partial charge in [0.2, 0.25) is 0 Å². The minimum atomic E-state index is -0.786. The minimum Gasteiger partial charge on any atom is -0.462 e. The van der Waals surface area contributed by atoms with Crippen molar-refractivity contribution >= 4 is 17.9 Å². The Hall–Kier alpha value is -4.45. The number of hydrogen-bond donors (Lipinski definition) is 0. The Morgan fingerprint density at radius 1 is 0.263 bits per heavy atom. The first-order chi connectivity index (χ1) is 39.5. The lowest BCUT2D eigenvalue weighted by atomic mass is 10.1. The van der Waals surface area contributed by atoms with Gasteiger partial charge < -0.3 is 14.2 Å². The Labute approximate surface area is 494 Å². The van der Waals surface area contributed by atoms with E-state index in [0.717, 1.165) is 135 Å². The van der Waals surface area contributed by atoms with Gasteiger partial charge in [-0.3, -0.25) is 14.4 Å². The van der Waals surface area contributed by atoms with Crippen LogP contribution >= 0.6 is 0 Å². The van der Waals surface area contributed by atoms with Crippen molar-refractivity contribution in [3.8, 4) is 0 Å². The van der Waals surface area contributed by atoms with Crippen molar-refractivity contribution in [2.45, 2.75) is 303 Å². The summed E-state index contributed by atoms with van der Waals surface area (Å²) in [6, 6.07) is 0. The van der Waals surface area contributed by atoms with E-state index in [4.69, 9.17) is 14.2 Å². The van der Waals surface area contributed by atoms with E-state index in [0.29, 0.717) is 19.3 Å². The molecule has 0 rings (SSSR count). The van der Waals surface area contributed by atoms with Crippen LogP contribution in [0.3, 0.4) is 0 Å². The molecular formula is C74H122O6. The molecule has 0 bridgehead atoms. The van der Waals surface area contributed by atoms with Crippen molar-refractivity contribution in [3.63, 3.8) is 0 Å². The number of carbonyl (C=O) groups is 3. The van der Waals surface area contributed by atoms with E-state index >= 15 is 0 Å². The molecule has 1 atom stereocenters. The first kappa shape index (κ1) is 75.5. The third kappa shape index (κ3) is 64.4. The van der Waals surface area contributed by atoms with E-state index in [1.54, 1.807) is 0 Å². The summed E-state index contributed by atoms with van der Waals surface area (Å²) in [6.07, 6.45) is 94.8. The lowest BCUT2D eigenvalue weighted by Gasteiger charge is -2.18. The highest BCUT2D eigenvalue weighted by molar-refractivity contribution is 5.71. The van der Waals surface area contributed by atoms with E-state index in [9.17, 15) is 14.4 Å². The van der Waals surface area contributed by atoms with Crippen LogP contribution in [-0.4, -0.2) is 37.2 Å². The summed E-state index contributed by atoms with van der Waals surface area (Å²) in [7, 11) is 0. The van der Waals surface area contributed by atoms with Crippen LogP contribution in [0.2, 0.25) is 0 Å². The number of hydrogen-bond acceptors (Lipinski definition) is 6. The summed E-state index contributed by atoms with van der Waals surface area (Å²) in [6.45, 7) is 6.39. The van der Waals surface area contributed by atoms with E-state index in [1.165, 1.54) is 122 Å². The summed E-state index contributed by atoms with van der Waals surface area (Å²) < 4.78 is 16.9. The summed E-state index contributed by atoms with van der Waals surface area (Å²) in [4.78, 5) is 38.2. The van der Waals surface area contributed by atoms with Gasteiger partial charge in [-0.25, -0.2) is 0 Å². The zero-order chi connectivity index (χ0) is 57.8. The average Bonchev–Trinajstić information content (AvgIpc) is 3.46. The molecule has 0 aromatic heterocycles. The zero-order valence-electron chi connectivity index (χ0n) is 52.0. The number of esters is 3. The molecule has 0 amide bonds. The third-order valence-corrected chi connectivity index (χ3v) is 13.9. The molecule has 0 aliphatic carbocycles. The molecule has 0 spiro atoms. The first-order valence-electron chi connectivity index (χ1n) is 33.2. The second-order valence-corrected chi connectivity index (χ2v) is 21.6. The molecule has 1 unspecified atom stereocenters. The standard InChI is InChI=1S/C74H122O6/c1-4-7-10-13-16-19-21-23-25-27-29-31-33-35-36-37-38-40-41-43-45-47-49-51-53-55-58-61-64-67-73(76)79-70-71(69-78-72(75)66-63-60-57-18-15-12-9-6-3)80-74(77)68-65-62-59-56-54-52-50-48-46-44-42-39-34-32-30-28-26-24-22-20-17-14-11-8-5-2/h7-8,10-11,16-17,19-20,23-26,29-32,35-36,38-40,42,71H,4-6,9,12-15,18,21-22,27-28,33-34,37,41,43-70H2,1-3H3/b10-7-,11-8-,19-16-,20-17-,25-23-,26-24-,31-29-,32-30-,36-35-,40-38-,42-39-. The molecule has 0 aliphatic heterocycles. The maximum Gasteiger partial charge on any atom is 0.306 e. The second kappa shape index (κ2) is 67.1. The first-order valence-corrected chi connectivity index (χ1v) is 33.2. The Kier molecular flexibility index (Phi) is 63.3. The monoisotopic (exact) mass is 1110 g/mol. The van der Waals surface area contributed by atoms with Crippen molar-refractivity contribution < 1.29 is 28.6 Å². The lowest BCUT2D eigenvalue weighted by molar-refractivity contribution is -0.167. The molecule has 0 heterocycles. The number of unbranched alkanes of at least 4 members (excludes halogenated alkanes) is 26. The highest BCUT2D eigenvalue weighted by Crippen LogP contribution is 2.16. The van der Waals surface area contributed by atoms with Crippen LogP contribution in [0.25, 0.3) is 0 Å². The predicted molar refractivity (Wildman–Crippen MR) is 348 cm³/mol. The molecule has 0 fully saturated rings. The van der Waals surface area contributed by atoms with Crippen molar-refractivity contribution in [2.75, 3.05) is 13.2 Å². The van der Waals surface area contributed by atoms with E-state index in [2.05, 4.69) is 154 Å². The average molecular weight is 1110 g/mol. The Bertz CT molecular complexity index is 1700. The van der Waals surface area contributed by atoms with Gasteiger partial charge in [-0.15, -0.1) is 0 Å². The van der Waals surface area contributed by atoms with Crippen LogP contribution < -0.4 is 0 Å². The van der Waals surface area contributed by atoms with Gasteiger partial charge in [0, 0.05) is 19.3 Å².